The van der Waals surface area contributed by atoms with Crippen molar-refractivity contribution in [1.82, 2.24) is 9.78 Å². The van der Waals surface area contributed by atoms with Crippen LogP contribution in [-0.4, -0.2) is 15.7 Å². The largest absolute Gasteiger partial charge is 0.306 e. The molecule has 0 unspecified atom stereocenters. The fourth-order valence-electron chi connectivity index (χ4n) is 2.72. The Morgan fingerprint density at radius 3 is 2.85 bits per heavy atom. The molecule has 0 aliphatic carbocycles. The fourth-order valence-corrected chi connectivity index (χ4v) is 4.07. The van der Waals surface area contributed by atoms with E-state index in [9.17, 15) is 4.79 Å². The number of benzene rings is 1. The summed E-state index contributed by atoms with van der Waals surface area (Å²) in [7, 11) is 0. The van der Waals surface area contributed by atoms with E-state index >= 15 is 0 Å². The van der Waals surface area contributed by atoms with Gasteiger partial charge in [-0.05, 0) is 36.6 Å². The normalized spacial score (nSPS) is 10.9. The predicted octanol–water partition coefficient (Wildman–Crippen LogP) is 5.81. The number of nitrogens with zero attached hydrogens (tertiary/aromatic N) is 2. The fraction of sp³-hybridized carbons (Fsp3) is 0.263. The number of hydrogen-bond donors (Lipinski definition) is 1. The summed E-state index contributed by atoms with van der Waals surface area (Å²) in [5, 5.41) is 8.22. The zero-order valence-electron chi connectivity index (χ0n) is 14.6. The molecule has 0 saturated carbocycles. The Bertz CT molecular complexity index is 933. The number of aryl methyl sites for hydroxylation is 2. The first-order valence-corrected chi connectivity index (χ1v) is 9.92. The summed E-state index contributed by atoms with van der Waals surface area (Å²) < 4.78 is 1.70. The third-order valence-electron chi connectivity index (χ3n) is 4.07. The molecule has 26 heavy (non-hydrogen) atoms. The van der Waals surface area contributed by atoms with Crippen molar-refractivity contribution in [3.8, 4) is 0 Å². The highest BCUT2D eigenvalue weighted by Gasteiger charge is 2.15. The van der Waals surface area contributed by atoms with Crippen LogP contribution in [0.3, 0.4) is 0 Å². The number of aromatic nitrogens is 2. The SMILES string of the molecule is CCCc1cc(C(=O)Nc2ccnn2Cc2cccc(Cl)c2Cl)sc1C. The molecule has 0 aliphatic heterocycles. The average Bonchev–Trinajstić information content (AvgIpc) is 3.19. The highest BCUT2D eigenvalue weighted by Crippen LogP contribution is 2.27. The van der Waals surface area contributed by atoms with E-state index in [-0.39, 0.29) is 5.91 Å². The molecule has 0 radical (unpaired) electrons. The van der Waals surface area contributed by atoms with Crippen molar-refractivity contribution in [3.05, 3.63) is 67.5 Å². The molecule has 1 amide bonds. The molecule has 0 bridgehead atoms. The predicted molar refractivity (Wildman–Crippen MR) is 109 cm³/mol. The molecule has 7 heteroatoms. The zero-order chi connectivity index (χ0) is 18.7. The van der Waals surface area contributed by atoms with Crippen molar-refractivity contribution < 1.29 is 4.79 Å². The van der Waals surface area contributed by atoms with Gasteiger partial charge in [0.15, 0.2) is 0 Å². The van der Waals surface area contributed by atoms with Gasteiger partial charge in [0.2, 0.25) is 0 Å². The lowest BCUT2D eigenvalue weighted by Crippen LogP contribution is -2.15. The Kier molecular flexibility index (Phi) is 6.01. The minimum atomic E-state index is -0.126. The van der Waals surface area contributed by atoms with Gasteiger partial charge in [-0.15, -0.1) is 11.3 Å². The van der Waals surface area contributed by atoms with Crippen molar-refractivity contribution in [3.63, 3.8) is 0 Å². The standard InChI is InChI=1S/C19H19Cl2N3OS/c1-3-5-13-10-16(26-12(13)2)19(25)23-17-8-9-22-24(17)11-14-6-4-7-15(20)18(14)21/h4,6-10H,3,5,11H2,1-2H3,(H,23,25). The highest BCUT2D eigenvalue weighted by atomic mass is 35.5. The third-order valence-corrected chi connectivity index (χ3v) is 6.02. The maximum absolute atomic E-state index is 12.6. The van der Waals surface area contributed by atoms with E-state index in [1.165, 1.54) is 21.8 Å². The second-order valence-electron chi connectivity index (χ2n) is 5.98. The van der Waals surface area contributed by atoms with Crippen molar-refractivity contribution in [2.45, 2.75) is 33.2 Å². The van der Waals surface area contributed by atoms with Crippen LogP contribution in [0.4, 0.5) is 5.82 Å². The van der Waals surface area contributed by atoms with Crippen molar-refractivity contribution >= 4 is 46.3 Å². The molecule has 2 aromatic heterocycles. The van der Waals surface area contributed by atoms with Crippen molar-refractivity contribution in [2.75, 3.05) is 5.32 Å². The minimum Gasteiger partial charge on any atom is -0.306 e. The van der Waals surface area contributed by atoms with Gasteiger partial charge < -0.3 is 5.32 Å². The molecule has 3 aromatic rings. The van der Waals surface area contributed by atoms with Gasteiger partial charge >= 0.3 is 0 Å². The Morgan fingerprint density at radius 1 is 1.27 bits per heavy atom. The molecule has 3 rings (SSSR count). The van der Waals surface area contributed by atoms with Crippen LogP contribution in [0.5, 0.6) is 0 Å². The van der Waals surface area contributed by atoms with Crippen LogP contribution < -0.4 is 5.32 Å². The smallest absolute Gasteiger partial charge is 0.266 e. The molecular formula is C19H19Cl2N3OS. The van der Waals surface area contributed by atoms with Gasteiger partial charge in [-0.1, -0.05) is 48.7 Å². The number of rotatable bonds is 6. The Balaban J connectivity index is 1.77. The zero-order valence-corrected chi connectivity index (χ0v) is 16.9. The molecule has 1 aromatic carbocycles. The minimum absolute atomic E-state index is 0.126. The lowest BCUT2D eigenvalue weighted by Gasteiger charge is -2.10. The summed E-state index contributed by atoms with van der Waals surface area (Å²) >= 11 is 13.8. The maximum atomic E-state index is 12.6. The third kappa shape index (κ3) is 4.11. The number of halogens is 2. The number of carbonyl (C=O) groups is 1. The topological polar surface area (TPSA) is 46.9 Å². The first-order chi connectivity index (χ1) is 12.5. The maximum Gasteiger partial charge on any atom is 0.266 e. The van der Waals surface area contributed by atoms with Crippen LogP contribution >= 0.6 is 34.5 Å². The lowest BCUT2D eigenvalue weighted by molar-refractivity contribution is 0.102. The van der Waals surface area contributed by atoms with E-state index in [0.717, 1.165) is 18.4 Å². The lowest BCUT2D eigenvalue weighted by atomic mass is 10.1. The summed E-state index contributed by atoms with van der Waals surface area (Å²) in [6, 6.07) is 9.22. The van der Waals surface area contributed by atoms with Gasteiger partial charge in [-0.25, -0.2) is 4.68 Å². The van der Waals surface area contributed by atoms with E-state index in [2.05, 4.69) is 24.3 Å². The monoisotopic (exact) mass is 407 g/mol. The van der Waals surface area contributed by atoms with Gasteiger partial charge in [0.1, 0.15) is 5.82 Å². The summed E-state index contributed by atoms with van der Waals surface area (Å²) in [5.41, 5.74) is 2.08. The highest BCUT2D eigenvalue weighted by molar-refractivity contribution is 7.14. The van der Waals surface area contributed by atoms with E-state index in [4.69, 9.17) is 23.2 Å². The van der Waals surface area contributed by atoms with Crippen LogP contribution in [0.2, 0.25) is 10.0 Å². The molecule has 0 fully saturated rings. The Labute approximate surface area is 166 Å². The summed E-state index contributed by atoms with van der Waals surface area (Å²) in [4.78, 5) is 14.5. The number of hydrogen-bond acceptors (Lipinski definition) is 3. The van der Waals surface area contributed by atoms with Crippen molar-refractivity contribution in [1.29, 1.82) is 0 Å². The van der Waals surface area contributed by atoms with E-state index < -0.39 is 0 Å². The van der Waals surface area contributed by atoms with Gasteiger partial charge in [0.25, 0.3) is 5.91 Å². The molecule has 0 aliphatic rings. The number of amides is 1. The van der Waals surface area contributed by atoms with E-state index in [1.807, 2.05) is 18.2 Å². The summed E-state index contributed by atoms with van der Waals surface area (Å²) in [6.45, 7) is 4.61. The van der Waals surface area contributed by atoms with Crippen LogP contribution in [-0.2, 0) is 13.0 Å². The first-order valence-electron chi connectivity index (χ1n) is 8.35. The van der Waals surface area contributed by atoms with E-state index in [0.29, 0.717) is 27.3 Å². The van der Waals surface area contributed by atoms with E-state index in [1.54, 1.807) is 23.0 Å². The molecule has 136 valence electrons. The summed E-state index contributed by atoms with van der Waals surface area (Å²) in [6.07, 6.45) is 3.70. The molecule has 2 heterocycles. The molecule has 0 atom stereocenters. The van der Waals surface area contributed by atoms with Crippen LogP contribution in [0.15, 0.2) is 36.5 Å². The Morgan fingerprint density at radius 2 is 2.08 bits per heavy atom. The van der Waals surface area contributed by atoms with Crippen LogP contribution in [0.1, 0.15) is 39.0 Å². The molecule has 1 N–H and O–H groups in total. The number of nitrogens with one attached hydrogen (secondary N) is 1. The number of anilines is 1. The molecule has 0 saturated heterocycles. The number of carbonyl (C=O) groups excluding carboxylic acids is 1. The van der Waals surface area contributed by atoms with Crippen LogP contribution in [0, 0.1) is 6.92 Å². The number of thiophene rings is 1. The van der Waals surface area contributed by atoms with Gasteiger partial charge in [0, 0.05) is 10.9 Å². The average molecular weight is 408 g/mol. The van der Waals surface area contributed by atoms with Crippen molar-refractivity contribution in [2.24, 2.45) is 0 Å². The van der Waals surface area contributed by atoms with Crippen LogP contribution in [0.25, 0.3) is 0 Å². The first kappa shape index (κ1) is 19.0. The molecular weight excluding hydrogens is 389 g/mol. The van der Waals surface area contributed by atoms with Gasteiger partial charge in [-0.2, -0.15) is 5.10 Å². The quantitative estimate of drug-likeness (QED) is 0.559. The van der Waals surface area contributed by atoms with Gasteiger partial charge in [-0.3, -0.25) is 4.79 Å². The Hall–Kier alpha value is -1.82. The van der Waals surface area contributed by atoms with Gasteiger partial charge in [0.05, 0.1) is 27.7 Å². The second-order valence-corrected chi connectivity index (χ2v) is 8.02. The summed E-state index contributed by atoms with van der Waals surface area (Å²) in [5.74, 6) is 0.494. The molecule has 4 nitrogen and oxygen atoms in total. The second kappa shape index (κ2) is 8.25. The molecule has 0 spiro atoms.